The number of hydrogen-bond acceptors (Lipinski definition) is 2. The maximum Gasteiger partial charge on any atom is 0.186 e. The first kappa shape index (κ1) is 16.4. The lowest BCUT2D eigenvalue weighted by molar-refractivity contribution is 0.838. The highest BCUT2D eigenvalue weighted by molar-refractivity contribution is 6.30. The Bertz CT molecular complexity index is 800. The van der Waals surface area contributed by atoms with Gasteiger partial charge in [0.1, 0.15) is 0 Å². The highest BCUT2D eigenvalue weighted by Gasteiger charge is 2.12. The molecule has 4 N–H and O–H groups in total. The molecule has 3 aromatic rings. The van der Waals surface area contributed by atoms with Crippen LogP contribution in [0.1, 0.15) is 5.69 Å². The quantitative estimate of drug-likeness (QED) is 0.551. The van der Waals surface area contributed by atoms with Gasteiger partial charge in [-0.1, -0.05) is 35.3 Å². The summed E-state index contributed by atoms with van der Waals surface area (Å²) in [6, 6.07) is 17.0. The Hall–Kier alpha value is -2.50. The fourth-order valence-corrected chi connectivity index (χ4v) is 2.54. The monoisotopic (exact) mass is 359 g/mol. The van der Waals surface area contributed by atoms with E-state index in [-0.39, 0.29) is 5.96 Å². The molecule has 0 aliphatic heterocycles. The maximum absolute atomic E-state index is 5.98. The lowest BCUT2D eigenvalue weighted by atomic mass is 10.1. The highest BCUT2D eigenvalue weighted by atomic mass is 35.5. The van der Waals surface area contributed by atoms with Crippen molar-refractivity contribution in [1.29, 1.82) is 0 Å². The number of nitrogens with zero attached hydrogens (tertiary/aromatic N) is 3. The minimum absolute atomic E-state index is 0.0316. The van der Waals surface area contributed by atoms with Crippen molar-refractivity contribution in [2.24, 2.45) is 16.5 Å². The van der Waals surface area contributed by atoms with E-state index in [4.69, 9.17) is 34.7 Å². The van der Waals surface area contributed by atoms with Gasteiger partial charge in [-0.05, 0) is 42.5 Å². The molecule has 1 heterocycles. The van der Waals surface area contributed by atoms with Crippen molar-refractivity contribution < 1.29 is 0 Å². The van der Waals surface area contributed by atoms with Crippen molar-refractivity contribution in [3.8, 4) is 16.9 Å². The Kier molecular flexibility index (Phi) is 4.74. The lowest BCUT2D eigenvalue weighted by Crippen LogP contribution is -2.22. The van der Waals surface area contributed by atoms with Crippen molar-refractivity contribution >= 4 is 29.2 Å². The number of hydrogen-bond donors (Lipinski definition) is 2. The smallest absolute Gasteiger partial charge is 0.186 e. The summed E-state index contributed by atoms with van der Waals surface area (Å²) in [6.07, 6.45) is 0. The molecule has 0 bridgehead atoms. The van der Waals surface area contributed by atoms with Gasteiger partial charge >= 0.3 is 0 Å². The number of rotatable bonds is 4. The van der Waals surface area contributed by atoms with Gasteiger partial charge < -0.3 is 11.5 Å². The molecule has 0 aliphatic carbocycles. The third kappa shape index (κ3) is 3.69. The zero-order chi connectivity index (χ0) is 17.1. The zero-order valence-electron chi connectivity index (χ0n) is 12.7. The van der Waals surface area contributed by atoms with Crippen LogP contribution >= 0.6 is 23.2 Å². The first-order chi connectivity index (χ1) is 11.5. The second-order valence-corrected chi connectivity index (χ2v) is 6.03. The van der Waals surface area contributed by atoms with E-state index in [1.165, 1.54) is 0 Å². The molecule has 2 aromatic carbocycles. The van der Waals surface area contributed by atoms with Crippen LogP contribution in [0.5, 0.6) is 0 Å². The zero-order valence-corrected chi connectivity index (χ0v) is 14.2. The molecule has 0 atom stereocenters. The van der Waals surface area contributed by atoms with Crippen LogP contribution in [-0.4, -0.2) is 15.7 Å². The van der Waals surface area contributed by atoms with Gasteiger partial charge in [-0.25, -0.2) is 9.67 Å². The first-order valence-electron chi connectivity index (χ1n) is 7.19. The number of aliphatic imine (C=N–C) groups is 1. The summed E-state index contributed by atoms with van der Waals surface area (Å²) in [7, 11) is 0. The Balaban J connectivity index is 2.08. The summed E-state index contributed by atoms with van der Waals surface area (Å²) in [6.45, 7) is 0.309. The van der Waals surface area contributed by atoms with E-state index < -0.39 is 0 Å². The summed E-state index contributed by atoms with van der Waals surface area (Å²) in [5.74, 6) is 0.0316. The molecule has 0 radical (unpaired) electrons. The second-order valence-electron chi connectivity index (χ2n) is 5.16. The van der Waals surface area contributed by atoms with Crippen molar-refractivity contribution in [2.75, 3.05) is 0 Å². The van der Waals surface area contributed by atoms with Crippen LogP contribution in [0, 0.1) is 0 Å². The number of aromatic nitrogens is 2. The molecule has 0 fully saturated rings. The minimum atomic E-state index is 0.0316. The molecule has 7 heteroatoms. The van der Waals surface area contributed by atoms with E-state index in [1.807, 2.05) is 59.3 Å². The maximum atomic E-state index is 5.98. The van der Waals surface area contributed by atoms with E-state index in [2.05, 4.69) is 10.1 Å². The summed E-state index contributed by atoms with van der Waals surface area (Å²) in [4.78, 5) is 4.02. The van der Waals surface area contributed by atoms with Gasteiger partial charge in [0.2, 0.25) is 0 Å². The summed E-state index contributed by atoms with van der Waals surface area (Å²) in [5, 5.41) is 5.95. The lowest BCUT2D eigenvalue weighted by Gasteiger charge is -2.08. The van der Waals surface area contributed by atoms with Gasteiger partial charge in [-0.3, -0.25) is 0 Å². The van der Waals surface area contributed by atoms with Crippen LogP contribution < -0.4 is 11.5 Å². The summed E-state index contributed by atoms with van der Waals surface area (Å²) < 4.78 is 1.83. The van der Waals surface area contributed by atoms with Gasteiger partial charge in [0.05, 0.1) is 23.6 Å². The molecule has 0 amide bonds. The molecule has 122 valence electrons. The van der Waals surface area contributed by atoms with Crippen molar-refractivity contribution in [2.45, 2.75) is 6.54 Å². The molecule has 0 aliphatic rings. The van der Waals surface area contributed by atoms with Crippen LogP contribution in [0.15, 0.2) is 59.6 Å². The van der Waals surface area contributed by atoms with Gasteiger partial charge in [0, 0.05) is 15.6 Å². The molecule has 24 heavy (non-hydrogen) atoms. The van der Waals surface area contributed by atoms with Crippen LogP contribution in [0.4, 0.5) is 0 Å². The molecule has 0 unspecified atom stereocenters. The number of guanidine groups is 1. The van der Waals surface area contributed by atoms with Gasteiger partial charge in [0.25, 0.3) is 0 Å². The first-order valence-corrected chi connectivity index (χ1v) is 7.95. The molecule has 5 nitrogen and oxygen atoms in total. The molecule has 0 saturated carbocycles. The predicted octanol–water partition coefficient (Wildman–Crippen LogP) is 3.62. The molecule has 3 rings (SSSR count). The second kappa shape index (κ2) is 6.95. The molecular weight excluding hydrogens is 345 g/mol. The third-order valence-corrected chi connectivity index (χ3v) is 3.90. The summed E-state index contributed by atoms with van der Waals surface area (Å²) in [5.41, 5.74) is 14.3. The van der Waals surface area contributed by atoms with Crippen molar-refractivity contribution in [3.63, 3.8) is 0 Å². The van der Waals surface area contributed by atoms with E-state index in [0.717, 1.165) is 22.6 Å². The molecule has 0 spiro atoms. The molecule has 1 aromatic heterocycles. The van der Waals surface area contributed by atoms with Crippen molar-refractivity contribution in [3.05, 3.63) is 70.3 Å². The Morgan fingerprint density at radius 3 is 2.12 bits per heavy atom. The van der Waals surface area contributed by atoms with E-state index in [9.17, 15) is 0 Å². The van der Waals surface area contributed by atoms with E-state index >= 15 is 0 Å². The van der Waals surface area contributed by atoms with Crippen LogP contribution in [-0.2, 0) is 6.54 Å². The Morgan fingerprint density at radius 2 is 1.54 bits per heavy atom. The predicted molar refractivity (Wildman–Crippen MR) is 98.5 cm³/mol. The largest absolute Gasteiger partial charge is 0.370 e. The minimum Gasteiger partial charge on any atom is -0.370 e. The average molecular weight is 360 g/mol. The fraction of sp³-hybridized carbons (Fsp3) is 0.0588. The SMILES string of the molecule is NC(N)=NCc1cc(-c2ccc(Cl)cc2)n(-c2ccc(Cl)cc2)n1. The fourth-order valence-electron chi connectivity index (χ4n) is 2.29. The normalized spacial score (nSPS) is 10.6. The van der Waals surface area contributed by atoms with E-state index in [0.29, 0.717) is 16.6 Å². The Morgan fingerprint density at radius 1 is 0.958 bits per heavy atom. The van der Waals surface area contributed by atoms with Crippen molar-refractivity contribution in [1.82, 2.24) is 9.78 Å². The molecule has 0 saturated heterocycles. The average Bonchev–Trinajstić information content (AvgIpc) is 2.98. The van der Waals surface area contributed by atoms with Gasteiger partial charge in [-0.15, -0.1) is 0 Å². The van der Waals surface area contributed by atoms with Crippen LogP contribution in [0.25, 0.3) is 16.9 Å². The number of benzene rings is 2. The van der Waals surface area contributed by atoms with E-state index in [1.54, 1.807) is 0 Å². The molecular formula is C17H15Cl2N5. The number of nitrogens with two attached hydrogens (primary N) is 2. The topological polar surface area (TPSA) is 82.2 Å². The standard InChI is InChI=1S/C17H15Cl2N5/c18-12-3-1-11(2-4-12)16-9-14(10-22-17(20)21)23-24(16)15-7-5-13(19)6-8-15/h1-9H,10H2,(H4,20,21,22). The van der Waals surface area contributed by atoms with Gasteiger partial charge in [0.15, 0.2) is 5.96 Å². The summed E-state index contributed by atoms with van der Waals surface area (Å²) >= 11 is 12.0. The third-order valence-electron chi connectivity index (χ3n) is 3.39. The van der Waals surface area contributed by atoms with Gasteiger partial charge in [-0.2, -0.15) is 5.10 Å². The van der Waals surface area contributed by atoms with Crippen LogP contribution in [0.3, 0.4) is 0 Å². The van der Waals surface area contributed by atoms with Crippen LogP contribution in [0.2, 0.25) is 10.0 Å². The number of halogens is 2. The highest BCUT2D eigenvalue weighted by Crippen LogP contribution is 2.26. The Labute approximate surface area is 149 Å².